The third-order valence-corrected chi connectivity index (χ3v) is 3.10. The molecule has 0 aliphatic carbocycles. The molecule has 0 fully saturated rings. The summed E-state index contributed by atoms with van der Waals surface area (Å²) in [6.07, 6.45) is 1.60. The van der Waals surface area contributed by atoms with Crippen LogP contribution < -0.4 is 4.90 Å². The van der Waals surface area contributed by atoms with E-state index in [-0.39, 0.29) is 11.3 Å². The second kappa shape index (κ2) is 4.31. The molecule has 2 aromatic rings. The molecule has 0 spiro atoms. The highest BCUT2D eigenvalue weighted by Crippen LogP contribution is 2.27. The normalized spacial score (nSPS) is 14.1. The van der Waals surface area contributed by atoms with E-state index in [2.05, 4.69) is 10.2 Å². The number of anilines is 1. The Hall–Kier alpha value is -2.49. The molecule has 0 unspecified atom stereocenters. The molecule has 1 aliphatic rings. The fraction of sp³-hybridized carbons (Fsp3) is 0.250. The molecule has 0 bridgehead atoms. The summed E-state index contributed by atoms with van der Waals surface area (Å²) in [5.74, 6) is -0.802. The van der Waals surface area contributed by atoms with Crippen LogP contribution in [0.25, 0.3) is 0 Å². The van der Waals surface area contributed by atoms with E-state index < -0.39 is 11.6 Å². The lowest BCUT2D eigenvalue weighted by molar-refractivity contribution is 0.522. The van der Waals surface area contributed by atoms with Crippen molar-refractivity contribution in [1.82, 2.24) is 14.8 Å². The molecule has 96 valence electrons. The molecule has 7 heteroatoms. The fourth-order valence-corrected chi connectivity index (χ4v) is 2.19. The highest BCUT2D eigenvalue weighted by atomic mass is 19.1. The first kappa shape index (κ1) is 11.6. The molecule has 0 amide bonds. The van der Waals surface area contributed by atoms with Gasteiger partial charge in [0.25, 0.3) is 0 Å². The van der Waals surface area contributed by atoms with Gasteiger partial charge in [0.1, 0.15) is 12.0 Å². The molecule has 1 aliphatic heterocycles. The van der Waals surface area contributed by atoms with Crippen molar-refractivity contribution in [2.45, 2.75) is 13.1 Å². The molecule has 0 saturated carbocycles. The van der Waals surface area contributed by atoms with Gasteiger partial charge in [-0.15, -0.1) is 10.2 Å². The van der Waals surface area contributed by atoms with Crippen molar-refractivity contribution >= 4 is 5.69 Å². The van der Waals surface area contributed by atoms with E-state index in [9.17, 15) is 8.78 Å². The molecule has 0 saturated heterocycles. The van der Waals surface area contributed by atoms with Gasteiger partial charge in [0.05, 0.1) is 18.2 Å². The fourth-order valence-electron chi connectivity index (χ4n) is 2.19. The van der Waals surface area contributed by atoms with Gasteiger partial charge in [0.15, 0.2) is 17.5 Å². The summed E-state index contributed by atoms with van der Waals surface area (Å²) in [5, 5.41) is 16.3. The van der Waals surface area contributed by atoms with Gasteiger partial charge in [-0.25, -0.2) is 8.78 Å². The number of benzene rings is 1. The number of nitrogens with zero attached hydrogens (tertiary/aromatic N) is 5. The van der Waals surface area contributed by atoms with Crippen LogP contribution in [0.1, 0.15) is 11.4 Å². The predicted octanol–water partition coefficient (Wildman–Crippen LogP) is 1.45. The number of fused-ring (bicyclic) bond motifs is 1. The minimum Gasteiger partial charge on any atom is -0.357 e. The summed E-state index contributed by atoms with van der Waals surface area (Å²) in [6.45, 7) is 1.33. The molecule has 5 nitrogen and oxygen atoms in total. The summed E-state index contributed by atoms with van der Waals surface area (Å²) in [7, 11) is 0. The van der Waals surface area contributed by atoms with E-state index in [1.54, 1.807) is 17.3 Å². The van der Waals surface area contributed by atoms with Crippen LogP contribution in [-0.2, 0) is 13.1 Å². The smallest absolute Gasteiger partial charge is 0.152 e. The SMILES string of the molecule is N#Cc1cc(F)c(N2CCn3cnnc3C2)c(F)c1. The van der Waals surface area contributed by atoms with Crippen LogP contribution in [0.15, 0.2) is 18.5 Å². The second-order valence-electron chi connectivity index (χ2n) is 4.26. The number of aromatic nitrogens is 3. The van der Waals surface area contributed by atoms with Gasteiger partial charge in [0.2, 0.25) is 0 Å². The molecule has 0 radical (unpaired) electrons. The van der Waals surface area contributed by atoms with Crippen LogP contribution in [0.5, 0.6) is 0 Å². The van der Waals surface area contributed by atoms with E-state index in [0.717, 1.165) is 12.1 Å². The lowest BCUT2D eigenvalue weighted by atomic mass is 10.1. The average molecular weight is 261 g/mol. The van der Waals surface area contributed by atoms with Crippen molar-refractivity contribution in [1.29, 1.82) is 5.26 Å². The Labute approximate surface area is 107 Å². The Morgan fingerprint density at radius 1 is 1.21 bits per heavy atom. The maximum absolute atomic E-state index is 13.9. The maximum Gasteiger partial charge on any atom is 0.152 e. The second-order valence-corrected chi connectivity index (χ2v) is 4.26. The first-order chi connectivity index (χ1) is 9.19. The van der Waals surface area contributed by atoms with E-state index in [1.807, 2.05) is 4.57 Å². The number of nitriles is 1. The Balaban J connectivity index is 1.98. The average Bonchev–Trinajstić information content (AvgIpc) is 2.85. The van der Waals surface area contributed by atoms with Gasteiger partial charge in [-0.2, -0.15) is 5.26 Å². The lowest BCUT2D eigenvalue weighted by Gasteiger charge is -2.29. The van der Waals surface area contributed by atoms with Crippen molar-refractivity contribution in [3.8, 4) is 6.07 Å². The molecule has 3 rings (SSSR count). The van der Waals surface area contributed by atoms with Crippen molar-refractivity contribution in [2.24, 2.45) is 0 Å². The zero-order chi connectivity index (χ0) is 13.4. The van der Waals surface area contributed by atoms with Crippen molar-refractivity contribution in [3.63, 3.8) is 0 Å². The molecule has 1 aromatic heterocycles. The Kier molecular flexibility index (Phi) is 2.63. The third-order valence-electron chi connectivity index (χ3n) is 3.10. The number of rotatable bonds is 1. The van der Waals surface area contributed by atoms with Gasteiger partial charge in [-0.1, -0.05) is 0 Å². The number of hydrogen-bond acceptors (Lipinski definition) is 4. The summed E-state index contributed by atoms with van der Waals surface area (Å²) in [6, 6.07) is 3.80. The standard InChI is InChI=1S/C12H9F2N5/c13-9-3-8(5-15)4-10(14)12(9)18-1-2-19-7-16-17-11(19)6-18/h3-4,7H,1-2,6H2. The molecular weight excluding hydrogens is 252 g/mol. The molecule has 1 aromatic carbocycles. The topological polar surface area (TPSA) is 57.7 Å². The van der Waals surface area contributed by atoms with Crippen LogP contribution in [-0.4, -0.2) is 21.3 Å². The Bertz CT molecular complexity index is 650. The predicted molar refractivity (Wildman–Crippen MR) is 62.1 cm³/mol. The van der Waals surface area contributed by atoms with Crippen molar-refractivity contribution in [3.05, 3.63) is 41.5 Å². The number of halogens is 2. The largest absolute Gasteiger partial charge is 0.357 e. The first-order valence-electron chi connectivity index (χ1n) is 5.70. The molecule has 2 heterocycles. The van der Waals surface area contributed by atoms with Crippen molar-refractivity contribution in [2.75, 3.05) is 11.4 Å². The third kappa shape index (κ3) is 1.91. The van der Waals surface area contributed by atoms with E-state index in [1.165, 1.54) is 0 Å². The minimum atomic E-state index is -0.732. The molecule has 0 atom stereocenters. The number of hydrogen-bond donors (Lipinski definition) is 0. The van der Waals surface area contributed by atoms with E-state index in [4.69, 9.17) is 5.26 Å². The van der Waals surface area contributed by atoms with Gasteiger partial charge in [0, 0.05) is 13.1 Å². The van der Waals surface area contributed by atoms with Gasteiger partial charge < -0.3 is 9.47 Å². The van der Waals surface area contributed by atoms with Crippen LogP contribution in [0.4, 0.5) is 14.5 Å². The molecular formula is C12H9F2N5. The van der Waals surface area contributed by atoms with E-state index in [0.29, 0.717) is 25.5 Å². The summed E-state index contributed by atoms with van der Waals surface area (Å²) in [4.78, 5) is 1.57. The molecule has 0 N–H and O–H groups in total. The van der Waals surface area contributed by atoms with Crippen LogP contribution >= 0.6 is 0 Å². The zero-order valence-electron chi connectivity index (χ0n) is 9.85. The quantitative estimate of drug-likeness (QED) is 0.779. The monoisotopic (exact) mass is 261 g/mol. The zero-order valence-corrected chi connectivity index (χ0v) is 9.85. The van der Waals surface area contributed by atoms with Crippen LogP contribution in [0.3, 0.4) is 0 Å². The van der Waals surface area contributed by atoms with Crippen molar-refractivity contribution < 1.29 is 8.78 Å². The lowest BCUT2D eigenvalue weighted by Crippen LogP contribution is -2.34. The highest BCUT2D eigenvalue weighted by Gasteiger charge is 2.23. The van der Waals surface area contributed by atoms with Gasteiger partial charge in [-0.3, -0.25) is 0 Å². The van der Waals surface area contributed by atoms with Gasteiger partial charge >= 0.3 is 0 Å². The Morgan fingerprint density at radius 2 is 1.95 bits per heavy atom. The summed E-state index contributed by atoms with van der Waals surface area (Å²) >= 11 is 0. The van der Waals surface area contributed by atoms with Gasteiger partial charge in [-0.05, 0) is 12.1 Å². The first-order valence-corrected chi connectivity index (χ1v) is 5.70. The summed E-state index contributed by atoms with van der Waals surface area (Å²) in [5.41, 5.74) is -0.146. The summed E-state index contributed by atoms with van der Waals surface area (Å²) < 4.78 is 29.7. The van der Waals surface area contributed by atoms with Crippen LogP contribution in [0, 0.1) is 23.0 Å². The maximum atomic E-state index is 13.9. The molecule has 19 heavy (non-hydrogen) atoms. The van der Waals surface area contributed by atoms with Crippen LogP contribution in [0.2, 0.25) is 0 Å². The van der Waals surface area contributed by atoms with E-state index >= 15 is 0 Å². The highest BCUT2D eigenvalue weighted by molar-refractivity contribution is 5.53. The Morgan fingerprint density at radius 3 is 2.63 bits per heavy atom. The minimum absolute atomic E-state index is 0.0288.